The van der Waals surface area contributed by atoms with Gasteiger partial charge in [-0.25, -0.2) is 8.78 Å². The Hall–Kier alpha value is -2.04. The van der Waals surface area contributed by atoms with Crippen molar-refractivity contribution in [2.24, 2.45) is 0 Å². The van der Waals surface area contributed by atoms with E-state index in [9.17, 15) is 13.6 Å². The molecule has 0 radical (unpaired) electrons. The molecule has 0 amide bonds. The van der Waals surface area contributed by atoms with Crippen molar-refractivity contribution in [2.45, 2.75) is 26.8 Å². The Labute approximate surface area is 109 Å². The number of ketones is 1. The summed E-state index contributed by atoms with van der Waals surface area (Å²) < 4.78 is 28.4. The van der Waals surface area contributed by atoms with E-state index in [4.69, 9.17) is 0 Å². The van der Waals surface area contributed by atoms with E-state index in [1.165, 1.54) is 29.9 Å². The fourth-order valence-electron chi connectivity index (χ4n) is 1.88. The average molecular weight is 264 g/mol. The minimum absolute atomic E-state index is 0.128. The van der Waals surface area contributed by atoms with Crippen LogP contribution >= 0.6 is 0 Å². The summed E-state index contributed by atoms with van der Waals surface area (Å²) in [5, 5.41) is 4.02. The van der Waals surface area contributed by atoms with Crippen LogP contribution in [-0.4, -0.2) is 15.6 Å². The van der Waals surface area contributed by atoms with E-state index in [1.807, 2.05) is 6.92 Å². The van der Waals surface area contributed by atoms with Crippen LogP contribution in [-0.2, 0) is 6.54 Å². The van der Waals surface area contributed by atoms with Gasteiger partial charge < -0.3 is 0 Å². The first-order valence-electron chi connectivity index (χ1n) is 6.06. The van der Waals surface area contributed by atoms with E-state index in [0.717, 1.165) is 12.5 Å². The van der Waals surface area contributed by atoms with Gasteiger partial charge in [-0.2, -0.15) is 5.10 Å². The third-order valence-electron chi connectivity index (χ3n) is 2.88. The van der Waals surface area contributed by atoms with Gasteiger partial charge in [0.1, 0.15) is 17.3 Å². The Morgan fingerprint density at radius 1 is 1.32 bits per heavy atom. The van der Waals surface area contributed by atoms with Crippen LogP contribution in [0.15, 0.2) is 24.4 Å². The van der Waals surface area contributed by atoms with Gasteiger partial charge in [0.25, 0.3) is 0 Å². The van der Waals surface area contributed by atoms with Gasteiger partial charge in [-0.05, 0) is 31.0 Å². The maximum atomic E-state index is 13.7. The van der Waals surface area contributed by atoms with Crippen molar-refractivity contribution < 1.29 is 13.6 Å². The van der Waals surface area contributed by atoms with E-state index < -0.39 is 17.4 Å². The van der Waals surface area contributed by atoms with E-state index in [-0.39, 0.29) is 11.1 Å². The van der Waals surface area contributed by atoms with Crippen molar-refractivity contribution in [3.05, 3.63) is 52.9 Å². The van der Waals surface area contributed by atoms with Crippen LogP contribution < -0.4 is 0 Å². The topological polar surface area (TPSA) is 34.9 Å². The van der Waals surface area contributed by atoms with Crippen LogP contribution in [0.2, 0.25) is 0 Å². The molecule has 3 nitrogen and oxygen atoms in total. The van der Waals surface area contributed by atoms with Crippen LogP contribution in [0.4, 0.5) is 8.78 Å². The summed E-state index contributed by atoms with van der Waals surface area (Å²) in [6, 6.07) is 3.51. The van der Waals surface area contributed by atoms with Gasteiger partial charge in [0.2, 0.25) is 5.78 Å². The largest absolute Gasteiger partial charge is 0.287 e. The first-order valence-corrected chi connectivity index (χ1v) is 6.06. The second-order valence-corrected chi connectivity index (χ2v) is 4.35. The minimum Gasteiger partial charge on any atom is -0.287 e. The molecular formula is C14H14F2N2O. The van der Waals surface area contributed by atoms with Gasteiger partial charge in [0.15, 0.2) is 0 Å². The van der Waals surface area contributed by atoms with Gasteiger partial charge in [-0.3, -0.25) is 9.48 Å². The monoisotopic (exact) mass is 264 g/mol. The number of hydrogen-bond acceptors (Lipinski definition) is 2. The fourth-order valence-corrected chi connectivity index (χ4v) is 1.88. The number of rotatable bonds is 4. The Morgan fingerprint density at radius 2 is 2.05 bits per heavy atom. The number of aromatic nitrogens is 2. The minimum atomic E-state index is -0.850. The normalized spacial score (nSPS) is 10.7. The van der Waals surface area contributed by atoms with Crippen molar-refractivity contribution in [1.82, 2.24) is 9.78 Å². The molecule has 0 aliphatic carbocycles. The summed E-state index contributed by atoms with van der Waals surface area (Å²) in [7, 11) is 0. The SMILES string of the molecule is CCCn1nccc1C(=O)c1cc(C)c(F)cc1F. The smallest absolute Gasteiger partial charge is 0.213 e. The number of benzene rings is 1. The van der Waals surface area contributed by atoms with Gasteiger partial charge >= 0.3 is 0 Å². The molecule has 0 unspecified atom stereocenters. The summed E-state index contributed by atoms with van der Waals surface area (Å²) in [6.45, 7) is 4.03. The van der Waals surface area contributed by atoms with Crippen molar-refractivity contribution in [3.8, 4) is 0 Å². The third-order valence-corrected chi connectivity index (χ3v) is 2.88. The number of carbonyl (C=O) groups is 1. The lowest BCUT2D eigenvalue weighted by molar-refractivity contribution is 0.102. The highest BCUT2D eigenvalue weighted by Gasteiger charge is 2.19. The number of nitrogens with zero attached hydrogens (tertiary/aromatic N) is 2. The number of hydrogen-bond donors (Lipinski definition) is 0. The van der Waals surface area contributed by atoms with Crippen molar-refractivity contribution in [2.75, 3.05) is 0 Å². The van der Waals surface area contributed by atoms with Crippen molar-refractivity contribution >= 4 is 5.78 Å². The van der Waals surface area contributed by atoms with Crippen LogP contribution in [0.1, 0.15) is 35.0 Å². The van der Waals surface area contributed by atoms with Crippen LogP contribution in [0.3, 0.4) is 0 Å². The molecule has 19 heavy (non-hydrogen) atoms. The summed E-state index contributed by atoms with van der Waals surface area (Å²) in [5.74, 6) is -1.99. The highest BCUT2D eigenvalue weighted by Crippen LogP contribution is 2.18. The highest BCUT2D eigenvalue weighted by molar-refractivity contribution is 6.08. The molecule has 0 fully saturated rings. The Morgan fingerprint density at radius 3 is 2.74 bits per heavy atom. The van der Waals surface area contributed by atoms with Crippen LogP contribution in [0.25, 0.3) is 0 Å². The molecule has 2 rings (SSSR count). The van der Waals surface area contributed by atoms with Crippen molar-refractivity contribution in [1.29, 1.82) is 0 Å². The van der Waals surface area contributed by atoms with Gasteiger partial charge in [0.05, 0.1) is 5.56 Å². The maximum Gasteiger partial charge on any atom is 0.213 e. The molecule has 0 N–H and O–H groups in total. The van der Waals surface area contributed by atoms with E-state index >= 15 is 0 Å². The molecule has 5 heteroatoms. The molecule has 0 saturated carbocycles. The molecule has 0 atom stereocenters. The molecular weight excluding hydrogens is 250 g/mol. The molecule has 0 bridgehead atoms. The molecule has 1 aromatic carbocycles. The van der Waals surface area contributed by atoms with E-state index in [2.05, 4.69) is 5.10 Å². The Kier molecular flexibility index (Phi) is 3.74. The molecule has 100 valence electrons. The summed E-state index contributed by atoms with van der Waals surface area (Å²) >= 11 is 0. The molecule has 2 aromatic rings. The van der Waals surface area contributed by atoms with Gasteiger partial charge in [-0.1, -0.05) is 6.92 Å². The molecule has 0 spiro atoms. The standard InChI is InChI=1S/C14H14F2N2O/c1-3-6-18-13(4-5-17-18)14(19)10-7-9(2)11(15)8-12(10)16/h4-5,7-8H,3,6H2,1-2H3. The third kappa shape index (κ3) is 2.54. The van der Waals surface area contributed by atoms with Crippen LogP contribution in [0, 0.1) is 18.6 Å². The number of carbonyl (C=O) groups excluding carboxylic acids is 1. The summed E-state index contributed by atoms with van der Waals surface area (Å²) in [5.41, 5.74) is 0.426. The van der Waals surface area contributed by atoms with Gasteiger partial charge in [-0.15, -0.1) is 0 Å². The quantitative estimate of drug-likeness (QED) is 0.795. The van der Waals surface area contributed by atoms with Crippen molar-refractivity contribution in [3.63, 3.8) is 0 Å². The average Bonchev–Trinajstić information content (AvgIpc) is 2.82. The number of aryl methyl sites for hydroxylation is 2. The number of halogens is 2. The zero-order chi connectivity index (χ0) is 14.0. The summed E-state index contributed by atoms with van der Waals surface area (Å²) in [4.78, 5) is 12.3. The molecule has 1 aromatic heterocycles. The maximum absolute atomic E-state index is 13.7. The highest BCUT2D eigenvalue weighted by atomic mass is 19.1. The second-order valence-electron chi connectivity index (χ2n) is 4.35. The lowest BCUT2D eigenvalue weighted by Gasteiger charge is -2.07. The van der Waals surface area contributed by atoms with E-state index in [0.29, 0.717) is 12.2 Å². The molecule has 0 saturated heterocycles. The van der Waals surface area contributed by atoms with Gasteiger partial charge in [0, 0.05) is 18.8 Å². The first-order chi connectivity index (χ1) is 9.04. The van der Waals surface area contributed by atoms with E-state index in [1.54, 1.807) is 0 Å². The zero-order valence-corrected chi connectivity index (χ0v) is 10.8. The fraction of sp³-hybridized carbons (Fsp3) is 0.286. The second kappa shape index (κ2) is 5.30. The zero-order valence-electron chi connectivity index (χ0n) is 10.8. The molecule has 1 heterocycles. The summed E-state index contributed by atoms with van der Waals surface area (Å²) in [6.07, 6.45) is 2.31. The Balaban J connectivity index is 2.44. The predicted octanol–water partition coefficient (Wildman–Crippen LogP) is 3.11. The lowest BCUT2D eigenvalue weighted by atomic mass is 10.0. The Bertz CT molecular complexity index is 620. The molecule has 0 aliphatic heterocycles. The lowest BCUT2D eigenvalue weighted by Crippen LogP contribution is -2.13. The first kappa shape index (κ1) is 13.4. The molecule has 0 aliphatic rings. The predicted molar refractivity (Wildman–Crippen MR) is 67.0 cm³/mol. The van der Waals surface area contributed by atoms with Crippen LogP contribution in [0.5, 0.6) is 0 Å².